The number of halogens is 5. The Hall–Kier alpha value is -1.99. The molecule has 0 unspecified atom stereocenters. The molecule has 1 aromatic carbocycles. The van der Waals surface area contributed by atoms with E-state index in [0.717, 1.165) is 7.11 Å². The number of ether oxygens (including phenoxy) is 1. The molecule has 0 fully saturated rings. The zero-order chi connectivity index (χ0) is 14.0. The normalized spacial score (nSPS) is 10.3. The third kappa shape index (κ3) is 2.31. The molecule has 0 spiro atoms. The summed E-state index contributed by atoms with van der Waals surface area (Å²) in [5.74, 6) is -13.9. The first-order valence-corrected chi connectivity index (χ1v) is 4.42. The SMILES string of the molecule is COC(=O)C(=O)Cc1c(F)c(F)c(F)c(F)c1F. The number of carbonyl (C=O) groups is 2. The predicted octanol–water partition coefficient (Wildman–Crippen LogP) is 1.67. The van der Waals surface area contributed by atoms with Crippen molar-refractivity contribution in [2.24, 2.45) is 0 Å². The second kappa shape index (κ2) is 5.11. The largest absolute Gasteiger partial charge is 0.463 e. The minimum absolute atomic E-state index is 0.832. The molecule has 0 N–H and O–H groups in total. The van der Waals surface area contributed by atoms with Gasteiger partial charge in [0, 0.05) is 12.0 Å². The Balaban J connectivity index is 3.26. The molecule has 0 saturated carbocycles. The second-order valence-electron chi connectivity index (χ2n) is 3.14. The number of rotatable bonds is 3. The molecule has 3 nitrogen and oxygen atoms in total. The van der Waals surface area contributed by atoms with Crippen molar-refractivity contribution in [1.29, 1.82) is 0 Å². The van der Waals surface area contributed by atoms with E-state index in [-0.39, 0.29) is 0 Å². The van der Waals surface area contributed by atoms with E-state index in [0.29, 0.717) is 0 Å². The van der Waals surface area contributed by atoms with Gasteiger partial charge in [0.15, 0.2) is 23.3 Å². The first-order chi connectivity index (χ1) is 8.31. The van der Waals surface area contributed by atoms with Crippen LogP contribution >= 0.6 is 0 Å². The molecular weight excluding hydrogens is 263 g/mol. The first-order valence-electron chi connectivity index (χ1n) is 4.42. The highest BCUT2D eigenvalue weighted by Crippen LogP contribution is 2.23. The van der Waals surface area contributed by atoms with Crippen LogP contribution in [-0.2, 0) is 20.7 Å². The number of Topliss-reactive ketones (excluding diaryl/α,β-unsaturated/α-hetero) is 1. The van der Waals surface area contributed by atoms with Gasteiger partial charge in [0.25, 0.3) is 0 Å². The summed E-state index contributed by atoms with van der Waals surface area (Å²) in [4.78, 5) is 21.7. The Bertz CT molecular complexity index is 498. The highest BCUT2D eigenvalue weighted by molar-refractivity contribution is 6.34. The van der Waals surface area contributed by atoms with Gasteiger partial charge >= 0.3 is 5.97 Å². The molecule has 18 heavy (non-hydrogen) atoms. The van der Waals surface area contributed by atoms with Crippen molar-refractivity contribution < 1.29 is 36.3 Å². The van der Waals surface area contributed by atoms with Crippen LogP contribution in [0.1, 0.15) is 5.56 Å². The summed E-state index contributed by atoms with van der Waals surface area (Å²) < 4.78 is 68.3. The van der Waals surface area contributed by atoms with Gasteiger partial charge < -0.3 is 4.74 Å². The summed E-state index contributed by atoms with van der Waals surface area (Å²) in [6.45, 7) is 0. The molecule has 98 valence electrons. The minimum Gasteiger partial charge on any atom is -0.463 e. The standard InChI is InChI=1S/C10H5F5O3/c1-18-10(17)4(16)2-3-5(11)7(13)9(15)8(14)6(3)12/h2H2,1H3. The van der Waals surface area contributed by atoms with Gasteiger partial charge in [-0.25, -0.2) is 26.7 Å². The molecular formula is C10H5F5O3. The topological polar surface area (TPSA) is 43.4 Å². The number of methoxy groups -OCH3 is 1. The molecule has 0 radical (unpaired) electrons. The third-order valence-corrected chi connectivity index (χ3v) is 2.05. The summed E-state index contributed by atoms with van der Waals surface area (Å²) in [6.07, 6.45) is -1.28. The lowest BCUT2D eigenvalue weighted by molar-refractivity contribution is -0.151. The maximum Gasteiger partial charge on any atom is 0.374 e. The Labute approximate surface area is 97.2 Å². The first kappa shape index (κ1) is 14.1. The van der Waals surface area contributed by atoms with Crippen LogP contribution < -0.4 is 0 Å². The summed E-state index contributed by atoms with van der Waals surface area (Å²) in [5.41, 5.74) is -1.37. The van der Waals surface area contributed by atoms with Crippen LogP contribution in [0.3, 0.4) is 0 Å². The molecule has 8 heteroatoms. The van der Waals surface area contributed by atoms with Crippen LogP contribution in [0.15, 0.2) is 0 Å². The van der Waals surface area contributed by atoms with Crippen molar-refractivity contribution in [3.63, 3.8) is 0 Å². The van der Waals surface area contributed by atoms with Crippen LogP contribution in [0, 0.1) is 29.1 Å². The van der Waals surface area contributed by atoms with Gasteiger partial charge in [0.2, 0.25) is 11.6 Å². The van der Waals surface area contributed by atoms with Gasteiger partial charge in [-0.2, -0.15) is 0 Å². The van der Waals surface area contributed by atoms with Crippen molar-refractivity contribution in [1.82, 2.24) is 0 Å². The fourth-order valence-corrected chi connectivity index (χ4v) is 1.15. The van der Waals surface area contributed by atoms with Gasteiger partial charge in [-0.3, -0.25) is 4.79 Å². The maximum absolute atomic E-state index is 13.1. The fourth-order valence-electron chi connectivity index (χ4n) is 1.15. The molecule has 1 aromatic rings. The van der Waals surface area contributed by atoms with Gasteiger partial charge in [-0.15, -0.1) is 0 Å². The molecule has 0 amide bonds. The number of carbonyl (C=O) groups excluding carboxylic acids is 2. The molecule has 0 heterocycles. The molecule has 0 aliphatic rings. The van der Waals surface area contributed by atoms with E-state index < -0.39 is 52.8 Å². The van der Waals surface area contributed by atoms with Crippen molar-refractivity contribution in [3.8, 4) is 0 Å². The number of hydrogen-bond acceptors (Lipinski definition) is 3. The number of hydrogen-bond donors (Lipinski definition) is 0. The lowest BCUT2D eigenvalue weighted by Crippen LogP contribution is -2.20. The zero-order valence-electron chi connectivity index (χ0n) is 8.82. The molecule has 0 aliphatic heterocycles. The predicted molar refractivity (Wildman–Crippen MR) is 47.0 cm³/mol. The van der Waals surface area contributed by atoms with Crippen molar-refractivity contribution >= 4 is 11.8 Å². The van der Waals surface area contributed by atoms with E-state index in [9.17, 15) is 31.5 Å². The highest BCUT2D eigenvalue weighted by atomic mass is 19.2. The summed E-state index contributed by atoms with van der Waals surface area (Å²) in [7, 11) is 0.832. The highest BCUT2D eigenvalue weighted by Gasteiger charge is 2.28. The molecule has 0 bridgehead atoms. The van der Waals surface area contributed by atoms with E-state index in [1.165, 1.54) is 0 Å². The molecule has 0 aromatic heterocycles. The van der Waals surface area contributed by atoms with Crippen LogP contribution in [0.25, 0.3) is 0 Å². The second-order valence-corrected chi connectivity index (χ2v) is 3.14. The molecule has 0 saturated heterocycles. The average Bonchev–Trinajstić information content (AvgIpc) is 2.37. The average molecular weight is 268 g/mol. The van der Waals surface area contributed by atoms with E-state index in [1.54, 1.807) is 0 Å². The Kier molecular flexibility index (Phi) is 4.00. The summed E-state index contributed by atoms with van der Waals surface area (Å²) in [5, 5.41) is 0. The molecule has 0 aliphatic carbocycles. The van der Waals surface area contributed by atoms with Crippen LogP contribution in [0.4, 0.5) is 22.0 Å². The minimum atomic E-state index is -2.33. The smallest absolute Gasteiger partial charge is 0.374 e. The molecule has 0 atom stereocenters. The quantitative estimate of drug-likeness (QED) is 0.275. The van der Waals surface area contributed by atoms with E-state index in [1.807, 2.05) is 0 Å². The van der Waals surface area contributed by atoms with E-state index in [2.05, 4.69) is 4.74 Å². The fraction of sp³-hybridized carbons (Fsp3) is 0.200. The van der Waals surface area contributed by atoms with Gasteiger partial charge in [0.1, 0.15) is 0 Å². The van der Waals surface area contributed by atoms with E-state index >= 15 is 0 Å². The van der Waals surface area contributed by atoms with Crippen LogP contribution in [-0.4, -0.2) is 18.9 Å². The lowest BCUT2D eigenvalue weighted by Gasteiger charge is -2.06. The Morgan fingerprint density at radius 2 is 1.28 bits per heavy atom. The van der Waals surface area contributed by atoms with Crippen LogP contribution in [0.2, 0.25) is 0 Å². The summed E-state index contributed by atoms with van der Waals surface area (Å²) in [6, 6.07) is 0. The third-order valence-electron chi connectivity index (χ3n) is 2.05. The molecule has 1 rings (SSSR count). The zero-order valence-corrected chi connectivity index (χ0v) is 8.82. The van der Waals surface area contributed by atoms with Gasteiger partial charge in [-0.1, -0.05) is 0 Å². The van der Waals surface area contributed by atoms with E-state index in [4.69, 9.17) is 0 Å². The summed E-state index contributed by atoms with van der Waals surface area (Å²) >= 11 is 0. The monoisotopic (exact) mass is 268 g/mol. The number of esters is 1. The van der Waals surface area contributed by atoms with Gasteiger partial charge in [0.05, 0.1) is 7.11 Å². The maximum atomic E-state index is 13.1. The lowest BCUT2D eigenvalue weighted by atomic mass is 10.1. The van der Waals surface area contributed by atoms with Crippen molar-refractivity contribution in [2.75, 3.05) is 7.11 Å². The Morgan fingerprint density at radius 1 is 0.889 bits per heavy atom. The van der Waals surface area contributed by atoms with Gasteiger partial charge in [-0.05, 0) is 0 Å². The number of benzene rings is 1. The van der Waals surface area contributed by atoms with Crippen molar-refractivity contribution in [3.05, 3.63) is 34.6 Å². The van der Waals surface area contributed by atoms with Crippen LogP contribution in [0.5, 0.6) is 0 Å². The number of ketones is 1. The van der Waals surface area contributed by atoms with Crippen molar-refractivity contribution in [2.45, 2.75) is 6.42 Å². The Morgan fingerprint density at radius 3 is 1.67 bits per heavy atom.